The molecular weight excluding hydrogens is 266 g/mol. The van der Waals surface area contributed by atoms with Gasteiger partial charge in [-0.15, -0.1) is 0 Å². The van der Waals surface area contributed by atoms with E-state index >= 15 is 0 Å². The van der Waals surface area contributed by atoms with Gasteiger partial charge >= 0.3 is 5.97 Å². The molecule has 1 aliphatic rings. The van der Waals surface area contributed by atoms with Crippen LogP contribution in [-0.4, -0.2) is 17.1 Å². The van der Waals surface area contributed by atoms with E-state index in [2.05, 4.69) is 11.1 Å². The van der Waals surface area contributed by atoms with Gasteiger partial charge in [0.25, 0.3) is 0 Å². The standard InChI is InChI=1S/C17H21NO3/c1-11-16(10-20-12(2)19)15-9-14(7-8-17(15)18-11)21-13-5-3-4-6-13/h7-9,13,18H,3-6,10H2,1-2H3. The van der Waals surface area contributed by atoms with E-state index in [1.807, 2.05) is 19.1 Å². The summed E-state index contributed by atoms with van der Waals surface area (Å²) >= 11 is 0. The SMILES string of the molecule is CC(=O)OCc1c(C)[nH]c2ccc(OC3CCCC3)cc12. The van der Waals surface area contributed by atoms with Gasteiger partial charge in [0.2, 0.25) is 0 Å². The Morgan fingerprint density at radius 2 is 2.10 bits per heavy atom. The van der Waals surface area contributed by atoms with Crippen LogP contribution >= 0.6 is 0 Å². The molecule has 1 fully saturated rings. The molecule has 1 heterocycles. The van der Waals surface area contributed by atoms with Crippen molar-refractivity contribution in [1.29, 1.82) is 0 Å². The van der Waals surface area contributed by atoms with Crippen LogP contribution in [0, 0.1) is 6.92 Å². The molecule has 1 saturated carbocycles. The highest BCUT2D eigenvalue weighted by atomic mass is 16.5. The van der Waals surface area contributed by atoms with Crippen molar-refractivity contribution in [3.63, 3.8) is 0 Å². The van der Waals surface area contributed by atoms with Crippen LogP contribution in [0.25, 0.3) is 10.9 Å². The molecule has 0 radical (unpaired) electrons. The number of hydrogen-bond acceptors (Lipinski definition) is 3. The highest BCUT2D eigenvalue weighted by molar-refractivity contribution is 5.86. The monoisotopic (exact) mass is 287 g/mol. The second-order valence-electron chi connectivity index (χ2n) is 5.74. The van der Waals surface area contributed by atoms with Crippen LogP contribution in [0.5, 0.6) is 5.75 Å². The zero-order valence-corrected chi connectivity index (χ0v) is 12.6. The average Bonchev–Trinajstić information content (AvgIpc) is 3.04. The first-order chi connectivity index (χ1) is 10.1. The summed E-state index contributed by atoms with van der Waals surface area (Å²) in [4.78, 5) is 14.4. The summed E-state index contributed by atoms with van der Waals surface area (Å²) < 4.78 is 11.2. The number of aromatic amines is 1. The van der Waals surface area contributed by atoms with Crippen LogP contribution < -0.4 is 4.74 Å². The van der Waals surface area contributed by atoms with Crippen molar-refractivity contribution in [2.75, 3.05) is 0 Å². The molecule has 1 aromatic heterocycles. The van der Waals surface area contributed by atoms with E-state index in [0.29, 0.717) is 12.7 Å². The predicted molar refractivity (Wildman–Crippen MR) is 81.4 cm³/mol. The molecule has 0 atom stereocenters. The molecule has 0 bridgehead atoms. The molecule has 0 saturated heterocycles. The van der Waals surface area contributed by atoms with Gasteiger partial charge < -0.3 is 14.5 Å². The Morgan fingerprint density at radius 1 is 1.33 bits per heavy atom. The Balaban J connectivity index is 1.87. The Labute approximate surface area is 124 Å². The van der Waals surface area contributed by atoms with Crippen LogP contribution in [0.4, 0.5) is 0 Å². The Bertz CT molecular complexity index is 653. The van der Waals surface area contributed by atoms with Gasteiger partial charge in [0, 0.05) is 29.1 Å². The summed E-state index contributed by atoms with van der Waals surface area (Å²) in [5, 5.41) is 1.07. The summed E-state index contributed by atoms with van der Waals surface area (Å²) in [5.74, 6) is 0.639. The van der Waals surface area contributed by atoms with Crippen LogP contribution in [0.2, 0.25) is 0 Å². The minimum Gasteiger partial charge on any atom is -0.490 e. The fraction of sp³-hybridized carbons (Fsp3) is 0.471. The van der Waals surface area contributed by atoms with Crippen molar-refractivity contribution in [3.8, 4) is 5.75 Å². The number of aryl methyl sites for hydroxylation is 1. The Hall–Kier alpha value is -1.97. The molecule has 4 nitrogen and oxygen atoms in total. The molecule has 21 heavy (non-hydrogen) atoms. The van der Waals surface area contributed by atoms with Gasteiger partial charge in [0.1, 0.15) is 12.4 Å². The largest absolute Gasteiger partial charge is 0.490 e. The van der Waals surface area contributed by atoms with Gasteiger partial charge in [-0.25, -0.2) is 0 Å². The maximum atomic E-state index is 11.0. The lowest BCUT2D eigenvalue weighted by molar-refractivity contribution is -0.142. The minimum absolute atomic E-state index is 0.262. The molecule has 1 aliphatic carbocycles. The Morgan fingerprint density at radius 3 is 2.81 bits per heavy atom. The van der Waals surface area contributed by atoms with E-state index in [0.717, 1.165) is 40.8 Å². The molecule has 1 N–H and O–H groups in total. The third-order valence-corrected chi connectivity index (χ3v) is 4.12. The van der Waals surface area contributed by atoms with Crippen molar-refractivity contribution in [1.82, 2.24) is 4.98 Å². The maximum absolute atomic E-state index is 11.0. The highest BCUT2D eigenvalue weighted by Gasteiger charge is 2.17. The predicted octanol–water partition coefficient (Wildman–Crippen LogP) is 3.86. The summed E-state index contributed by atoms with van der Waals surface area (Å²) in [6.45, 7) is 3.73. The van der Waals surface area contributed by atoms with Crippen LogP contribution in [0.1, 0.15) is 43.9 Å². The van der Waals surface area contributed by atoms with Crippen molar-refractivity contribution in [2.24, 2.45) is 0 Å². The number of hydrogen-bond donors (Lipinski definition) is 1. The second-order valence-corrected chi connectivity index (χ2v) is 5.74. The smallest absolute Gasteiger partial charge is 0.302 e. The highest BCUT2D eigenvalue weighted by Crippen LogP contribution is 2.30. The van der Waals surface area contributed by atoms with Gasteiger partial charge in [-0.2, -0.15) is 0 Å². The molecule has 0 unspecified atom stereocenters. The van der Waals surface area contributed by atoms with E-state index in [-0.39, 0.29) is 5.97 Å². The third-order valence-electron chi connectivity index (χ3n) is 4.12. The first-order valence-corrected chi connectivity index (χ1v) is 7.54. The molecule has 0 spiro atoms. The quantitative estimate of drug-likeness (QED) is 0.869. The van der Waals surface area contributed by atoms with E-state index in [4.69, 9.17) is 9.47 Å². The minimum atomic E-state index is -0.262. The molecular formula is C17H21NO3. The van der Waals surface area contributed by atoms with E-state index < -0.39 is 0 Å². The number of carbonyl (C=O) groups excluding carboxylic acids is 1. The van der Waals surface area contributed by atoms with Crippen molar-refractivity contribution < 1.29 is 14.3 Å². The lowest BCUT2D eigenvalue weighted by Crippen LogP contribution is -2.10. The molecule has 4 heteroatoms. The fourth-order valence-corrected chi connectivity index (χ4v) is 2.99. The van der Waals surface area contributed by atoms with E-state index in [1.165, 1.54) is 19.8 Å². The lowest BCUT2D eigenvalue weighted by atomic mass is 10.1. The number of nitrogens with one attached hydrogen (secondary N) is 1. The zero-order valence-electron chi connectivity index (χ0n) is 12.6. The Kier molecular flexibility index (Phi) is 3.86. The third kappa shape index (κ3) is 3.04. The van der Waals surface area contributed by atoms with Crippen LogP contribution in [-0.2, 0) is 16.1 Å². The number of aromatic nitrogens is 1. The van der Waals surface area contributed by atoms with Crippen LogP contribution in [0.3, 0.4) is 0 Å². The van der Waals surface area contributed by atoms with Gasteiger partial charge in [-0.1, -0.05) is 0 Å². The second kappa shape index (κ2) is 5.80. The molecule has 3 rings (SSSR count). The van der Waals surface area contributed by atoms with Gasteiger partial charge in [-0.3, -0.25) is 4.79 Å². The zero-order chi connectivity index (χ0) is 14.8. The number of carbonyl (C=O) groups is 1. The van der Waals surface area contributed by atoms with Crippen molar-refractivity contribution in [3.05, 3.63) is 29.5 Å². The number of esters is 1. The first-order valence-electron chi connectivity index (χ1n) is 7.54. The van der Waals surface area contributed by atoms with Gasteiger partial charge in [0.15, 0.2) is 0 Å². The first kappa shape index (κ1) is 14.0. The topological polar surface area (TPSA) is 51.3 Å². The lowest BCUT2D eigenvalue weighted by Gasteiger charge is -2.13. The number of benzene rings is 1. The van der Waals surface area contributed by atoms with E-state index in [9.17, 15) is 4.79 Å². The van der Waals surface area contributed by atoms with Crippen molar-refractivity contribution >= 4 is 16.9 Å². The summed E-state index contributed by atoms with van der Waals surface area (Å²) in [5.41, 5.74) is 3.11. The molecule has 0 amide bonds. The summed E-state index contributed by atoms with van der Waals surface area (Å²) in [6, 6.07) is 6.09. The average molecular weight is 287 g/mol. The molecule has 112 valence electrons. The number of ether oxygens (including phenoxy) is 2. The normalized spacial score (nSPS) is 15.5. The van der Waals surface area contributed by atoms with Gasteiger partial charge in [0.05, 0.1) is 6.10 Å². The van der Waals surface area contributed by atoms with E-state index in [1.54, 1.807) is 0 Å². The van der Waals surface area contributed by atoms with Gasteiger partial charge in [-0.05, 0) is 50.8 Å². The number of rotatable bonds is 4. The molecule has 2 aromatic rings. The molecule has 0 aliphatic heterocycles. The summed E-state index contributed by atoms with van der Waals surface area (Å²) in [6.07, 6.45) is 5.15. The van der Waals surface area contributed by atoms with Crippen molar-refractivity contribution in [2.45, 2.75) is 52.2 Å². The summed E-state index contributed by atoms with van der Waals surface area (Å²) in [7, 11) is 0. The number of H-pyrrole nitrogens is 1. The maximum Gasteiger partial charge on any atom is 0.302 e. The fourth-order valence-electron chi connectivity index (χ4n) is 2.99. The number of fused-ring (bicyclic) bond motifs is 1. The molecule has 1 aromatic carbocycles. The van der Waals surface area contributed by atoms with Crippen LogP contribution in [0.15, 0.2) is 18.2 Å².